The summed E-state index contributed by atoms with van der Waals surface area (Å²) in [6.07, 6.45) is 19.5. The molecule has 7 fully saturated rings. The van der Waals surface area contributed by atoms with Gasteiger partial charge in [0, 0.05) is 36.4 Å². The lowest BCUT2D eigenvalue weighted by molar-refractivity contribution is -0.183. The van der Waals surface area contributed by atoms with Crippen LogP contribution in [0.2, 0.25) is 0 Å². The number of hydrogen-bond donors (Lipinski definition) is 5. The monoisotopic (exact) mass is 740 g/mol. The maximum absolute atomic E-state index is 13.8. The lowest BCUT2D eigenvalue weighted by Gasteiger charge is -2.56. The number of aliphatic hydroxyl groups excluding tert-OH is 3. The van der Waals surface area contributed by atoms with Gasteiger partial charge in [0.05, 0.1) is 18.8 Å². The number of rotatable bonds is 10. The minimum absolute atomic E-state index is 0.127. The fourth-order valence-electron chi connectivity index (χ4n) is 13.3. The van der Waals surface area contributed by atoms with Crippen LogP contribution in [0.1, 0.15) is 136 Å². The third kappa shape index (κ3) is 8.27. The van der Waals surface area contributed by atoms with Crippen LogP contribution in [0.5, 0.6) is 0 Å². The quantitative estimate of drug-likeness (QED) is 0.151. The van der Waals surface area contributed by atoms with Gasteiger partial charge in [0.1, 0.15) is 17.7 Å². The molecule has 1 amide bonds. The Morgan fingerprint density at radius 3 is 2.53 bits per heavy atom. The van der Waals surface area contributed by atoms with Crippen molar-refractivity contribution in [1.82, 2.24) is 15.3 Å². The van der Waals surface area contributed by atoms with Crippen LogP contribution in [0.4, 0.5) is 0 Å². The lowest BCUT2D eigenvalue weighted by atomic mass is 9.49. The highest BCUT2D eigenvalue weighted by Gasteiger charge is 2.62. The normalized spacial score (nSPS) is 44.0. The SMILES string of the molecule is C[C@H](O)[C@@H]1[C@H](CO)ON(CC2CCCC(C#C[C@]3(O)CCC4[C@@H]5CCC6CCC(O)CC6[C@H]5CC[C@@]43C)C2)[C@@H]1C(=O)NCCCN(C)C1CCCCC1. The minimum atomic E-state index is -0.955. The first-order valence-corrected chi connectivity index (χ1v) is 22.1. The van der Waals surface area contributed by atoms with Crippen LogP contribution in [0.15, 0.2) is 0 Å². The lowest BCUT2D eigenvalue weighted by Crippen LogP contribution is -2.53. The molecule has 1 saturated heterocycles. The van der Waals surface area contributed by atoms with Crippen LogP contribution < -0.4 is 5.32 Å². The second-order valence-corrected chi connectivity index (χ2v) is 19.4. The molecule has 0 aromatic heterocycles. The van der Waals surface area contributed by atoms with Gasteiger partial charge in [0.25, 0.3) is 0 Å². The largest absolute Gasteiger partial charge is 0.394 e. The van der Waals surface area contributed by atoms with E-state index >= 15 is 0 Å². The third-order valence-corrected chi connectivity index (χ3v) is 16.4. The summed E-state index contributed by atoms with van der Waals surface area (Å²) in [4.78, 5) is 22.5. The van der Waals surface area contributed by atoms with E-state index in [4.69, 9.17) is 4.84 Å². The van der Waals surface area contributed by atoms with Crippen LogP contribution in [-0.4, -0.2) is 106 Å². The summed E-state index contributed by atoms with van der Waals surface area (Å²) < 4.78 is 0. The molecular formula is C44H73N3O6. The summed E-state index contributed by atoms with van der Waals surface area (Å²) >= 11 is 0. The van der Waals surface area contributed by atoms with E-state index in [2.05, 4.69) is 36.0 Å². The predicted molar refractivity (Wildman–Crippen MR) is 206 cm³/mol. The van der Waals surface area contributed by atoms with Gasteiger partial charge in [-0.25, -0.2) is 0 Å². The molecule has 0 aromatic carbocycles. The number of nitrogens with one attached hydrogen (secondary N) is 1. The Hall–Kier alpha value is -1.25. The van der Waals surface area contributed by atoms with Crippen molar-refractivity contribution >= 4 is 5.91 Å². The van der Waals surface area contributed by atoms with E-state index in [1.165, 1.54) is 51.4 Å². The van der Waals surface area contributed by atoms with Crippen molar-refractivity contribution < 1.29 is 30.1 Å². The summed E-state index contributed by atoms with van der Waals surface area (Å²) in [7, 11) is 2.20. The van der Waals surface area contributed by atoms with Crippen molar-refractivity contribution in [2.45, 2.75) is 172 Å². The van der Waals surface area contributed by atoms with E-state index in [0.29, 0.717) is 42.8 Å². The number of nitrogens with zero attached hydrogens (tertiary/aromatic N) is 2. The van der Waals surface area contributed by atoms with Crippen LogP contribution in [0.25, 0.3) is 0 Å². The number of carbonyl (C=O) groups is 1. The van der Waals surface area contributed by atoms with E-state index in [1.807, 2.05) is 0 Å². The summed E-state index contributed by atoms with van der Waals surface area (Å²) in [5, 5.41) is 48.8. The van der Waals surface area contributed by atoms with Crippen molar-refractivity contribution in [1.29, 1.82) is 0 Å². The first-order valence-electron chi connectivity index (χ1n) is 22.1. The summed E-state index contributed by atoms with van der Waals surface area (Å²) in [6, 6.07) is -0.0152. The molecule has 9 heteroatoms. The van der Waals surface area contributed by atoms with Gasteiger partial charge in [0.2, 0.25) is 5.91 Å². The molecule has 1 heterocycles. The van der Waals surface area contributed by atoms with Crippen molar-refractivity contribution in [2.75, 3.05) is 33.3 Å². The Morgan fingerprint density at radius 1 is 0.962 bits per heavy atom. The molecule has 9 nitrogen and oxygen atoms in total. The minimum Gasteiger partial charge on any atom is -0.394 e. The van der Waals surface area contributed by atoms with Crippen LogP contribution in [0, 0.1) is 64.6 Å². The topological polar surface area (TPSA) is 126 Å². The third-order valence-electron chi connectivity index (χ3n) is 16.4. The van der Waals surface area contributed by atoms with E-state index in [0.717, 1.165) is 83.1 Å². The molecule has 0 bridgehead atoms. The number of aliphatic hydroxyl groups is 4. The summed E-state index contributed by atoms with van der Waals surface area (Å²) in [6.45, 7) is 5.87. The highest BCUT2D eigenvalue weighted by atomic mass is 16.7. The molecule has 0 spiro atoms. The van der Waals surface area contributed by atoms with Crippen LogP contribution >= 0.6 is 0 Å². The zero-order valence-corrected chi connectivity index (χ0v) is 33.3. The standard InChI is InChI=1S/C44H73N3O6/c1-29(49)40-39(28-48)53-47(41(40)42(51)45-23-8-24-46(3)33-11-5-4-6-12-33)27-31-10-7-9-30(25-31)17-21-44(52)22-19-38-36-16-14-32-13-15-34(50)26-37(32)35(36)18-20-43(38,44)2/h29-41,48-50,52H,4-16,18-20,22-28H2,1-3H3,(H,45,51)/t29-,30?,31?,32?,34?,35-,36+,37?,38?,39-,40+,41-,43-,44-/m0/s1. The molecule has 1 aliphatic heterocycles. The van der Waals surface area contributed by atoms with Gasteiger partial charge in [-0.1, -0.05) is 44.4 Å². The molecule has 300 valence electrons. The number of carbonyl (C=O) groups excluding carboxylic acids is 1. The second-order valence-electron chi connectivity index (χ2n) is 19.4. The molecule has 6 saturated carbocycles. The smallest absolute Gasteiger partial charge is 0.240 e. The molecule has 0 radical (unpaired) electrons. The Bertz CT molecular complexity index is 1300. The molecule has 14 atom stereocenters. The average Bonchev–Trinajstić information content (AvgIpc) is 3.66. The van der Waals surface area contributed by atoms with Gasteiger partial charge in [-0.2, -0.15) is 5.06 Å². The molecule has 5 N–H and O–H groups in total. The van der Waals surface area contributed by atoms with Gasteiger partial charge in [-0.3, -0.25) is 9.63 Å². The highest BCUT2D eigenvalue weighted by molar-refractivity contribution is 5.82. The van der Waals surface area contributed by atoms with Gasteiger partial charge in [0.15, 0.2) is 0 Å². The average molecular weight is 740 g/mol. The van der Waals surface area contributed by atoms with Gasteiger partial charge >= 0.3 is 0 Å². The molecule has 7 rings (SSSR count). The Balaban J connectivity index is 0.959. The number of hydroxylamine groups is 2. The molecule has 6 unspecified atom stereocenters. The van der Waals surface area contributed by atoms with Gasteiger partial charge in [-0.15, -0.1) is 0 Å². The zero-order chi connectivity index (χ0) is 37.3. The van der Waals surface area contributed by atoms with Crippen molar-refractivity contribution in [2.24, 2.45) is 52.8 Å². The van der Waals surface area contributed by atoms with Crippen molar-refractivity contribution in [3.05, 3.63) is 0 Å². The van der Waals surface area contributed by atoms with E-state index < -0.39 is 29.8 Å². The maximum Gasteiger partial charge on any atom is 0.240 e. The maximum atomic E-state index is 13.8. The number of hydrogen-bond acceptors (Lipinski definition) is 8. The molecule has 53 heavy (non-hydrogen) atoms. The van der Waals surface area contributed by atoms with Crippen molar-refractivity contribution in [3.8, 4) is 11.8 Å². The van der Waals surface area contributed by atoms with E-state index in [1.54, 1.807) is 12.0 Å². The Labute approximate surface area is 320 Å². The fraction of sp³-hybridized carbons (Fsp3) is 0.932. The molecule has 7 aliphatic rings. The summed E-state index contributed by atoms with van der Waals surface area (Å²) in [5.41, 5.74) is -1.14. The molecular weight excluding hydrogens is 666 g/mol. The summed E-state index contributed by atoms with van der Waals surface area (Å²) in [5.74, 6) is 10.3. The first-order chi connectivity index (χ1) is 25.5. The first kappa shape index (κ1) is 40.0. The Kier molecular flexibility index (Phi) is 12.9. The molecule has 6 aliphatic carbocycles. The highest BCUT2D eigenvalue weighted by Crippen LogP contribution is 2.65. The number of fused-ring (bicyclic) bond motifs is 5. The van der Waals surface area contributed by atoms with Crippen LogP contribution in [0.3, 0.4) is 0 Å². The second kappa shape index (κ2) is 17.1. The van der Waals surface area contributed by atoms with E-state index in [9.17, 15) is 25.2 Å². The van der Waals surface area contributed by atoms with Crippen molar-refractivity contribution in [3.63, 3.8) is 0 Å². The van der Waals surface area contributed by atoms with Gasteiger partial charge < -0.3 is 30.6 Å². The fourth-order valence-corrected chi connectivity index (χ4v) is 13.3. The zero-order valence-electron chi connectivity index (χ0n) is 33.3. The Morgan fingerprint density at radius 2 is 1.75 bits per heavy atom. The van der Waals surface area contributed by atoms with Gasteiger partial charge in [-0.05, 0) is 152 Å². The van der Waals surface area contributed by atoms with E-state index in [-0.39, 0.29) is 35.9 Å². The predicted octanol–water partition coefficient (Wildman–Crippen LogP) is 5.29. The molecule has 0 aromatic rings. The number of amides is 1. The van der Waals surface area contributed by atoms with Crippen LogP contribution in [-0.2, 0) is 9.63 Å².